The Morgan fingerprint density at radius 1 is 1.07 bits per heavy atom. The molecule has 0 aromatic carbocycles. The third-order valence-electron chi connectivity index (χ3n) is 5.04. The highest BCUT2D eigenvalue weighted by Gasteiger charge is 2.19. The van der Waals surface area contributed by atoms with E-state index in [1.807, 2.05) is 30.6 Å². The molecule has 4 aromatic heterocycles. The molecule has 8 heteroatoms. The summed E-state index contributed by atoms with van der Waals surface area (Å²) in [4.78, 5) is 6.94. The lowest BCUT2D eigenvalue weighted by atomic mass is 10.0. The molecule has 138 valence electrons. The van der Waals surface area contributed by atoms with E-state index in [9.17, 15) is 5.26 Å². The Kier molecular flexibility index (Phi) is 4.00. The largest absolute Gasteiger partial charge is 0.354 e. The van der Waals surface area contributed by atoms with Gasteiger partial charge in [0.2, 0.25) is 0 Å². The van der Waals surface area contributed by atoms with Crippen LogP contribution < -0.4 is 10.2 Å². The highest BCUT2D eigenvalue weighted by molar-refractivity contribution is 5.89. The number of anilines is 1. The number of aromatic amines is 1. The van der Waals surface area contributed by atoms with E-state index < -0.39 is 0 Å². The maximum atomic E-state index is 9.83. The first-order valence-electron chi connectivity index (χ1n) is 9.18. The molecule has 0 unspecified atom stereocenters. The van der Waals surface area contributed by atoms with Gasteiger partial charge in [-0.15, -0.1) is 0 Å². The van der Waals surface area contributed by atoms with Crippen LogP contribution in [0.3, 0.4) is 0 Å². The third kappa shape index (κ3) is 2.69. The number of rotatable bonds is 3. The van der Waals surface area contributed by atoms with E-state index in [4.69, 9.17) is 0 Å². The van der Waals surface area contributed by atoms with E-state index in [1.54, 1.807) is 16.9 Å². The zero-order valence-corrected chi connectivity index (χ0v) is 15.1. The number of piperazine rings is 1. The average Bonchev–Trinajstić information content (AvgIpc) is 3.42. The van der Waals surface area contributed by atoms with Crippen molar-refractivity contribution in [1.82, 2.24) is 30.1 Å². The van der Waals surface area contributed by atoms with Crippen molar-refractivity contribution < 1.29 is 0 Å². The van der Waals surface area contributed by atoms with Crippen LogP contribution in [0.25, 0.3) is 27.9 Å². The summed E-state index contributed by atoms with van der Waals surface area (Å²) < 4.78 is 1.75. The zero-order chi connectivity index (χ0) is 18.9. The topological polar surface area (TPSA) is 97.9 Å². The average molecular weight is 370 g/mol. The molecule has 5 heterocycles. The molecule has 8 nitrogen and oxygen atoms in total. The molecule has 1 saturated heterocycles. The van der Waals surface area contributed by atoms with Crippen molar-refractivity contribution in [3.8, 4) is 28.5 Å². The van der Waals surface area contributed by atoms with Crippen molar-refractivity contribution in [3.63, 3.8) is 0 Å². The molecular weight excluding hydrogens is 352 g/mol. The normalized spacial score (nSPS) is 14.3. The van der Waals surface area contributed by atoms with E-state index in [0.717, 1.165) is 54.2 Å². The standard InChI is InChI=1S/C20H18N8/c21-10-17-19(15-12-24-25-13-15)26-28-7-1-2-16(20(17)28)14-3-4-18(23-11-14)27-8-5-22-6-9-27/h1-4,7,11-13,22H,5-6,8-9H2,(H,24,25). The molecule has 0 aliphatic carbocycles. The summed E-state index contributed by atoms with van der Waals surface area (Å²) in [5.74, 6) is 0.977. The number of aromatic nitrogens is 5. The van der Waals surface area contributed by atoms with Gasteiger partial charge in [0, 0.05) is 61.5 Å². The lowest BCUT2D eigenvalue weighted by molar-refractivity contribution is 0.585. The third-order valence-corrected chi connectivity index (χ3v) is 5.04. The van der Waals surface area contributed by atoms with Crippen molar-refractivity contribution in [2.45, 2.75) is 0 Å². The van der Waals surface area contributed by atoms with Gasteiger partial charge in [-0.3, -0.25) is 5.10 Å². The van der Waals surface area contributed by atoms with Gasteiger partial charge in [-0.1, -0.05) is 6.07 Å². The maximum Gasteiger partial charge on any atom is 0.128 e. The van der Waals surface area contributed by atoms with Crippen molar-refractivity contribution in [3.05, 3.63) is 54.6 Å². The second-order valence-corrected chi connectivity index (χ2v) is 6.68. The molecule has 0 amide bonds. The van der Waals surface area contributed by atoms with Crippen LogP contribution >= 0.6 is 0 Å². The number of hydrogen-bond donors (Lipinski definition) is 2. The quantitative estimate of drug-likeness (QED) is 0.573. The number of nitriles is 1. The van der Waals surface area contributed by atoms with E-state index >= 15 is 0 Å². The molecule has 5 rings (SSSR count). The Morgan fingerprint density at radius 3 is 2.68 bits per heavy atom. The molecule has 28 heavy (non-hydrogen) atoms. The minimum absolute atomic E-state index is 0.531. The first-order chi connectivity index (χ1) is 13.8. The lowest BCUT2D eigenvalue weighted by Crippen LogP contribution is -2.43. The SMILES string of the molecule is N#Cc1c(-c2cn[nH]c2)nn2cccc(-c3ccc(N4CCNCC4)nc3)c12. The smallest absolute Gasteiger partial charge is 0.128 e. The summed E-state index contributed by atoms with van der Waals surface area (Å²) >= 11 is 0. The monoisotopic (exact) mass is 370 g/mol. The zero-order valence-electron chi connectivity index (χ0n) is 15.1. The van der Waals surface area contributed by atoms with Crippen molar-refractivity contribution >= 4 is 11.3 Å². The van der Waals surface area contributed by atoms with Gasteiger partial charge >= 0.3 is 0 Å². The number of pyridine rings is 2. The van der Waals surface area contributed by atoms with E-state index in [2.05, 4.69) is 42.6 Å². The number of hydrogen-bond acceptors (Lipinski definition) is 6. The van der Waals surface area contributed by atoms with Crippen LogP contribution in [0.1, 0.15) is 5.56 Å². The van der Waals surface area contributed by atoms with Crippen molar-refractivity contribution in [1.29, 1.82) is 5.26 Å². The molecule has 0 spiro atoms. The van der Waals surface area contributed by atoms with Gasteiger partial charge in [-0.25, -0.2) is 9.50 Å². The van der Waals surface area contributed by atoms with E-state index in [1.165, 1.54) is 0 Å². The summed E-state index contributed by atoms with van der Waals surface area (Å²) in [6, 6.07) is 10.4. The molecule has 0 atom stereocenters. The molecule has 1 aliphatic rings. The fraction of sp³-hybridized carbons (Fsp3) is 0.200. The molecule has 4 aromatic rings. The minimum Gasteiger partial charge on any atom is -0.354 e. The van der Waals surface area contributed by atoms with Gasteiger partial charge in [0.1, 0.15) is 23.1 Å². The highest BCUT2D eigenvalue weighted by atomic mass is 15.2. The van der Waals surface area contributed by atoms with Crippen molar-refractivity contribution in [2.24, 2.45) is 0 Å². The predicted molar refractivity (Wildman–Crippen MR) is 106 cm³/mol. The molecule has 2 N–H and O–H groups in total. The lowest BCUT2D eigenvalue weighted by Gasteiger charge is -2.28. The van der Waals surface area contributed by atoms with Crippen LogP contribution in [0.15, 0.2) is 49.1 Å². The molecular formula is C20H18N8. The number of nitrogens with zero attached hydrogens (tertiary/aromatic N) is 6. The molecule has 0 bridgehead atoms. The van der Waals surface area contributed by atoms with E-state index in [-0.39, 0.29) is 0 Å². The second kappa shape index (κ2) is 6.79. The molecule has 0 radical (unpaired) electrons. The number of H-pyrrole nitrogens is 1. The van der Waals surface area contributed by atoms with E-state index in [0.29, 0.717) is 11.3 Å². The van der Waals surface area contributed by atoms with Gasteiger partial charge in [-0.2, -0.15) is 15.5 Å². The number of nitrogens with one attached hydrogen (secondary N) is 2. The summed E-state index contributed by atoms with van der Waals surface area (Å²) in [7, 11) is 0. The Labute approximate surface area is 161 Å². The Hall–Kier alpha value is -3.70. The fourth-order valence-electron chi connectivity index (χ4n) is 3.65. The van der Waals surface area contributed by atoms with Crippen LogP contribution in [0.4, 0.5) is 5.82 Å². The fourth-order valence-corrected chi connectivity index (χ4v) is 3.65. The van der Waals surface area contributed by atoms with Gasteiger partial charge < -0.3 is 10.2 Å². The first-order valence-corrected chi connectivity index (χ1v) is 9.18. The first kappa shape index (κ1) is 16.5. The van der Waals surface area contributed by atoms with Crippen LogP contribution in [-0.2, 0) is 0 Å². The van der Waals surface area contributed by atoms with Crippen LogP contribution in [0, 0.1) is 11.3 Å². The Morgan fingerprint density at radius 2 is 1.96 bits per heavy atom. The van der Waals surface area contributed by atoms with Gasteiger partial charge in [0.15, 0.2) is 0 Å². The van der Waals surface area contributed by atoms with Crippen molar-refractivity contribution in [2.75, 3.05) is 31.1 Å². The Bertz CT molecular complexity index is 1150. The number of fused-ring (bicyclic) bond motifs is 1. The molecule has 1 fully saturated rings. The Balaban J connectivity index is 1.60. The summed E-state index contributed by atoms with van der Waals surface area (Å²) in [6.45, 7) is 3.86. The second-order valence-electron chi connectivity index (χ2n) is 6.68. The minimum atomic E-state index is 0.531. The predicted octanol–water partition coefficient (Wildman–Crippen LogP) is 2.07. The summed E-state index contributed by atoms with van der Waals surface area (Å²) in [6.07, 6.45) is 7.14. The molecule has 1 aliphatic heterocycles. The molecule has 0 saturated carbocycles. The van der Waals surface area contributed by atoms with Gasteiger partial charge in [0.25, 0.3) is 0 Å². The summed E-state index contributed by atoms with van der Waals surface area (Å²) in [5.41, 5.74) is 4.61. The van der Waals surface area contributed by atoms with Gasteiger partial charge in [-0.05, 0) is 18.2 Å². The highest BCUT2D eigenvalue weighted by Crippen LogP contribution is 2.32. The van der Waals surface area contributed by atoms with Crippen LogP contribution in [0.5, 0.6) is 0 Å². The summed E-state index contributed by atoms with van der Waals surface area (Å²) in [5, 5.41) is 24.5. The van der Waals surface area contributed by atoms with Gasteiger partial charge in [0.05, 0.1) is 11.7 Å². The van der Waals surface area contributed by atoms with Crippen LogP contribution in [-0.4, -0.2) is 51.0 Å². The maximum absolute atomic E-state index is 9.83. The van der Waals surface area contributed by atoms with Crippen LogP contribution in [0.2, 0.25) is 0 Å².